The molecule has 13 heavy (non-hydrogen) atoms. The molecule has 1 saturated carbocycles. The van der Waals surface area contributed by atoms with Gasteiger partial charge in [-0.1, -0.05) is 22.9 Å². The molecule has 78 valence electrons. The van der Waals surface area contributed by atoms with Crippen LogP contribution in [0.3, 0.4) is 0 Å². The van der Waals surface area contributed by atoms with Crippen LogP contribution in [0.2, 0.25) is 13.1 Å². The van der Waals surface area contributed by atoms with E-state index < -0.39 is 8.32 Å². The van der Waals surface area contributed by atoms with Gasteiger partial charge in [0.15, 0.2) is 8.32 Å². The van der Waals surface area contributed by atoms with Crippen LogP contribution in [0.25, 0.3) is 0 Å². The van der Waals surface area contributed by atoms with Gasteiger partial charge in [0.05, 0.1) is 0 Å². The van der Waals surface area contributed by atoms with E-state index in [-0.39, 0.29) is 0 Å². The molecule has 1 fully saturated rings. The molecule has 0 aromatic carbocycles. The van der Waals surface area contributed by atoms with E-state index in [1.165, 1.54) is 25.7 Å². The first-order chi connectivity index (χ1) is 6.03. The van der Waals surface area contributed by atoms with Crippen LogP contribution in [0.5, 0.6) is 0 Å². The Morgan fingerprint density at radius 3 is 2.23 bits per heavy atom. The summed E-state index contributed by atoms with van der Waals surface area (Å²) in [4.78, 5) is 1.06. The van der Waals surface area contributed by atoms with Gasteiger partial charge in [-0.25, -0.2) is 0 Å². The van der Waals surface area contributed by atoms with Gasteiger partial charge >= 0.3 is 0 Å². The molecule has 0 aromatic heterocycles. The third kappa shape index (κ3) is 4.13. The van der Waals surface area contributed by atoms with E-state index in [1.54, 1.807) is 0 Å². The third-order valence-corrected chi connectivity index (χ3v) is 8.44. The lowest BCUT2D eigenvalue weighted by Gasteiger charge is -2.32. The zero-order chi connectivity index (χ0) is 9.90. The lowest BCUT2D eigenvalue weighted by Crippen LogP contribution is -2.39. The molecule has 0 atom stereocenters. The van der Waals surface area contributed by atoms with E-state index in [0.717, 1.165) is 10.9 Å². The maximum absolute atomic E-state index is 6.17. The van der Waals surface area contributed by atoms with Crippen molar-refractivity contribution in [1.82, 2.24) is 0 Å². The summed E-state index contributed by atoms with van der Waals surface area (Å²) in [7, 11) is -1.37. The SMILES string of the molecule is CC1CCC(O[Si](C)(C)CBr)CC1. The van der Waals surface area contributed by atoms with Crippen molar-refractivity contribution in [3.05, 3.63) is 0 Å². The van der Waals surface area contributed by atoms with Crippen molar-refractivity contribution in [2.24, 2.45) is 5.92 Å². The van der Waals surface area contributed by atoms with Gasteiger partial charge in [-0.15, -0.1) is 0 Å². The molecule has 1 aliphatic carbocycles. The summed E-state index contributed by atoms with van der Waals surface area (Å²) < 4.78 is 6.17. The van der Waals surface area contributed by atoms with E-state index in [9.17, 15) is 0 Å². The van der Waals surface area contributed by atoms with Gasteiger partial charge in [0.1, 0.15) is 0 Å². The minimum Gasteiger partial charge on any atom is -0.414 e. The predicted molar refractivity (Wildman–Crippen MR) is 63.8 cm³/mol. The fraction of sp³-hybridized carbons (Fsp3) is 1.00. The van der Waals surface area contributed by atoms with E-state index in [1.807, 2.05) is 0 Å². The lowest BCUT2D eigenvalue weighted by molar-refractivity contribution is 0.129. The predicted octanol–water partition coefficient (Wildman–Crippen LogP) is 3.72. The smallest absolute Gasteiger partial charge is 0.197 e. The molecule has 0 N–H and O–H groups in total. The van der Waals surface area contributed by atoms with Gasteiger partial charge in [-0.3, -0.25) is 0 Å². The summed E-state index contributed by atoms with van der Waals surface area (Å²) in [6.45, 7) is 6.93. The van der Waals surface area contributed by atoms with Crippen LogP contribution in [-0.4, -0.2) is 19.4 Å². The molecule has 1 rings (SSSR count). The van der Waals surface area contributed by atoms with E-state index in [4.69, 9.17) is 4.43 Å². The topological polar surface area (TPSA) is 9.23 Å². The summed E-state index contributed by atoms with van der Waals surface area (Å²) in [5, 5.41) is 0. The Bertz CT molecular complexity index is 153. The van der Waals surface area contributed by atoms with Crippen molar-refractivity contribution in [1.29, 1.82) is 0 Å². The van der Waals surface area contributed by atoms with Gasteiger partial charge < -0.3 is 4.43 Å². The molecular weight excluding hydrogens is 244 g/mol. The Morgan fingerprint density at radius 1 is 1.23 bits per heavy atom. The third-order valence-electron chi connectivity index (χ3n) is 2.77. The summed E-state index contributed by atoms with van der Waals surface area (Å²) in [6.07, 6.45) is 5.85. The van der Waals surface area contributed by atoms with Gasteiger partial charge in [-0.05, 0) is 44.7 Å². The number of rotatable bonds is 3. The molecule has 1 aliphatic rings. The molecule has 1 nitrogen and oxygen atoms in total. The second kappa shape index (κ2) is 4.94. The van der Waals surface area contributed by atoms with Crippen molar-refractivity contribution in [2.75, 3.05) is 4.95 Å². The minimum absolute atomic E-state index is 0.565. The second-order valence-electron chi connectivity index (χ2n) is 4.89. The Balaban J connectivity index is 2.30. The molecular formula is C10H21BrOSi. The van der Waals surface area contributed by atoms with Crippen LogP contribution in [0.15, 0.2) is 0 Å². The fourth-order valence-electron chi connectivity index (χ4n) is 1.83. The van der Waals surface area contributed by atoms with Crippen molar-refractivity contribution in [3.63, 3.8) is 0 Å². The van der Waals surface area contributed by atoms with Crippen molar-refractivity contribution in [3.8, 4) is 0 Å². The van der Waals surface area contributed by atoms with E-state index >= 15 is 0 Å². The average molecular weight is 265 g/mol. The molecule has 0 saturated heterocycles. The highest BCUT2D eigenvalue weighted by molar-refractivity contribution is 9.09. The molecule has 0 aliphatic heterocycles. The van der Waals surface area contributed by atoms with Crippen molar-refractivity contribution < 1.29 is 4.43 Å². The Hall–Kier alpha value is 0.657. The number of hydrogen-bond donors (Lipinski definition) is 0. The Kier molecular flexibility index (Phi) is 4.46. The molecule has 0 aromatic rings. The first-order valence-electron chi connectivity index (χ1n) is 5.27. The molecule has 3 heteroatoms. The highest BCUT2D eigenvalue weighted by Gasteiger charge is 2.27. The number of alkyl halides is 1. The van der Waals surface area contributed by atoms with Gasteiger partial charge in [-0.2, -0.15) is 0 Å². The average Bonchev–Trinajstić information content (AvgIpc) is 2.09. The quantitative estimate of drug-likeness (QED) is 0.558. The van der Waals surface area contributed by atoms with E-state index in [0.29, 0.717) is 6.10 Å². The summed E-state index contributed by atoms with van der Waals surface area (Å²) >= 11 is 3.55. The second-order valence-corrected chi connectivity index (χ2v) is 10.6. The minimum atomic E-state index is -1.37. The monoisotopic (exact) mass is 264 g/mol. The van der Waals surface area contributed by atoms with Crippen LogP contribution < -0.4 is 0 Å². The van der Waals surface area contributed by atoms with Crippen LogP contribution in [0.1, 0.15) is 32.6 Å². The zero-order valence-corrected chi connectivity index (χ0v) is 11.6. The Labute approximate surface area is 91.5 Å². The van der Waals surface area contributed by atoms with Crippen LogP contribution in [0.4, 0.5) is 0 Å². The van der Waals surface area contributed by atoms with E-state index in [2.05, 4.69) is 35.9 Å². The largest absolute Gasteiger partial charge is 0.414 e. The molecule has 0 unspecified atom stereocenters. The standard InChI is InChI=1S/C10H21BrOSi/c1-9-4-6-10(7-5-9)12-13(2,3)8-11/h9-10H,4-8H2,1-3H3. The molecule has 0 spiro atoms. The number of hydrogen-bond acceptors (Lipinski definition) is 1. The van der Waals surface area contributed by atoms with Crippen molar-refractivity contribution >= 4 is 24.2 Å². The van der Waals surface area contributed by atoms with Crippen LogP contribution in [0, 0.1) is 5.92 Å². The molecule has 0 bridgehead atoms. The zero-order valence-electron chi connectivity index (χ0n) is 8.98. The number of halogens is 1. The maximum Gasteiger partial charge on any atom is 0.197 e. The molecule has 0 heterocycles. The van der Waals surface area contributed by atoms with Gasteiger partial charge in [0.2, 0.25) is 0 Å². The highest BCUT2D eigenvalue weighted by atomic mass is 79.9. The normalized spacial score (nSPS) is 30.5. The Morgan fingerprint density at radius 2 is 1.77 bits per heavy atom. The molecule has 0 amide bonds. The first kappa shape index (κ1) is 11.7. The first-order valence-corrected chi connectivity index (χ1v) is 9.51. The summed E-state index contributed by atoms with van der Waals surface area (Å²) in [6, 6.07) is 0. The maximum atomic E-state index is 6.17. The van der Waals surface area contributed by atoms with Gasteiger partial charge in [0.25, 0.3) is 0 Å². The molecule has 0 radical (unpaired) electrons. The van der Waals surface area contributed by atoms with Crippen LogP contribution >= 0.6 is 15.9 Å². The van der Waals surface area contributed by atoms with Gasteiger partial charge in [0, 0.05) is 11.1 Å². The summed E-state index contributed by atoms with van der Waals surface area (Å²) in [5.41, 5.74) is 0. The highest BCUT2D eigenvalue weighted by Crippen LogP contribution is 2.27. The fourth-order valence-corrected chi connectivity index (χ4v) is 3.43. The lowest BCUT2D eigenvalue weighted by atomic mass is 9.89. The van der Waals surface area contributed by atoms with Crippen molar-refractivity contribution in [2.45, 2.75) is 51.8 Å². The van der Waals surface area contributed by atoms with Crippen LogP contribution in [-0.2, 0) is 4.43 Å². The summed E-state index contributed by atoms with van der Waals surface area (Å²) in [5.74, 6) is 0.925.